The Morgan fingerprint density at radius 2 is 1.30 bits per heavy atom. The van der Waals surface area contributed by atoms with Crippen molar-refractivity contribution in [3.8, 4) is 11.1 Å². The fourth-order valence-corrected chi connectivity index (χ4v) is 3.82. The van der Waals surface area contributed by atoms with Crippen LogP contribution in [0.1, 0.15) is 12.5 Å². The number of benzene rings is 3. The second kappa shape index (κ2) is 8.01. The van der Waals surface area contributed by atoms with E-state index in [1.165, 1.54) is 6.92 Å². The minimum Gasteiger partial charge on any atom is -0.325 e. The highest BCUT2D eigenvalue weighted by molar-refractivity contribution is 7.94. The van der Waals surface area contributed by atoms with Crippen LogP contribution in [0, 0.1) is 0 Å². The SMILES string of the molecule is CC(=O)N/C(=C/S(=O)(=O)c1ccc(-c2ccccc2)cc1)c1ccccc1. The first kappa shape index (κ1) is 18.6. The lowest BCUT2D eigenvalue weighted by Gasteiger charge is -2.09. The monoisotopic (exact) mass is 377 g/mol. The van der Waals surface area contributed by atoms with Gasteiger partial charge < -0.3 is 5.32 Å². The summed E-state index contributed by atoms with van der Waals surface area (Å²) in [5.74, 6) is -0.334. The van der Waals surface area contributed by atoms with Gasteiger partial charge in [0.25, 0.3) is 0 Å². The topological polar surface area (TPSA) is 63.2 Å². The Kier molecular flexibility index (Phi) is 5.52. The van der Waals surface area contributed by atoms with E-state index in [9.17, 15) is 13.2 Å². The number of rotatable bonds is 5. The van der Waals surface area contributed by atoms with Gasteiger partial charge in [0.05, 0.1) is 16.0 Å². The van der Waals surface area contributed by atoms with Crippen LogP contribution >= 0.6 is 0 Å². The van der Waals surface area contributed by atoms with Gasteiger partial charge in [-0.2, -0.15) is 0 Å². The maximum atomic E-state index is 12.8. The molecule has 0 bridgehead atoms. The molecule has 0 heterocycles. The lowest BCUT2D eigenvalue weighted by atomic mass is 10.1. The number of hydrogen-bond acceptors (Lipinski definition) is 3. The summed E-state index contributed by atoms with van der Waals surface area (Å²) in [6.07, 6.45) is 0. The average molecular weight is 377 g/mol. The van der Waals surface area contributed by atoms with E-state index in [4.69, 9.17) is 0 Å². The van der Waals surface area contributed by atoms with E-state index in [0.29, 0.717) is 5.56 Å². The largest absolute Gasteiger partial charge is 0.325 e. The fourth-order valence-electron chi connectivity index (χ4n) is 2.67. The van der Waals surface area contributed by atoms with Gasteiger partial charge in [0.15, 0.2) is 0 Å². The van der Waals surface area contributed by atoms with Crippen LogP contribution in [-0.4, -0.2) is 14.3 Å². The van der Waals surface area contributed by atoms with Crippen molar-refractivity contribution in [2.24, 2.45) is 0 Å². The van der Waals surface area contributed by atoms with Gasteiger partial charge in [-0.05, 0) is 28.8 Å². The van der Waals surface area contributed by atoms with Crippen molar-refractivity contribution in [2.45, 2.75) is 11.8 Å². The Bertz CT molecular complexity index is 1060. The van der Waals surface area contributed by atoms with Crippen molar-refractivity contribution in [2.75, 3.05) is 0 Å². The van der Waals surface area contributed by atoms with Gasteiger partial charge >= 0.3 is 0 Å². The Morgan fingerprint density at radius 3 is 1.85 bits per heavy atom. The maximum absolute atomic E-state index is 12.8. The Balaban J connectivity index is 1.96. The molecule has 0 aliphatic carbocycles. The molecule has 0 unspecified atom stereocenters. The van der Waals surface area contributed by atoms with Crippen molar-refractivity contribution in [1.82, 2.24) is 5.32 Å². The predicted octanol–water partition coefficient (Wildman–Crippen LogP) is 4.26. The van der Waals surface area contributed by atoms with Gasteiger partial charge in [-0.3, -0.25) is 4.79 Å². The highest BCUT2D eigenvalue weighted by Gasteiger charge is 2.15. The van der Waals surface area contributed by atoms with E-state index in [1.54, 1.807) is 48.5 Å². The molecule has 0 saturated heterocycles. The normalized spacial score (nSPS) is 11.8. The van der Waals surface area contributed by atoms with E-state index in [1.807, 2.05) is 36.4 Å². The summed E-state index contributed by atoms with van der Waals surface area (Å²) in [5.41, 5.74) is 2.82. The molecule has 3 aromatic rings. The summed E-state index contributed by atoms with van der Waals surface area (Å²) >= 11 is 0. The second-order valence-corrected chi connectivity index (χ2v) is 7.81. The van der Waals surface area contributed by atoms with Gasteiger partial charge in [-0.25, -0.2) is 8.42 Å². The molecule has 3 rings (SSSR count). The third-order valence-electron chi connectivity index (χ3n) is 3.96. The molecule has 4 nitrogen and oxygen atoms in total. The van der Waals surface area contributed by atoms with Crippen LogP contribution in [0.2, 0.25) is 0 Å². The van der Waals surface area contributed by atoms with E-state index in [0.717, 1.165) is 16.5 Å². The van der Waals surface area contributed by atoms with Crippen LogP contribution in [0.4, 0.5) is 0 Å². The minimum absolute atomic E-state index is 0.168. The first-order valence-electron chi connectivity index (χ1n) is 8.41. The first-order chi connectivity index (χ1) is 13.0. The third-order valence-corrected chi connectivity index (χ3v) is 5.43. The van der Waals surface area contributed by atoms with Crippen molar-refractivity contribution in [3.63, 3.8) is 0 Å². The van der Waals surface area contributed by atoms with Crippen LogP contribution in [0.3, 0.4) is 0 Å². The van der Waals surface area contributed by atoms with E-state index in [-0.39, 0.29) is 16.5 Å². The second-order valence-electron chi connectivity index (χ2n) is 6.01. The number of carbonyl (C=O) groups excluding carboxylic acids is 1. The molecule has 1 N–H and O–H groups in total. The quantitative estimate of drug-likeness (QED) is 0.722. The summed E-state index contributed by atoms with van der Waals surface area (Å²) in [6.45, 7) is 1.35. The van der Waals surface area contributed by atoms with E-state index < -0.39 is 9.84 Å². The Morgan fingerprint density at radius 1 is 0.778 bits per heavy atom. The van der Waals surface area contributed by atoms with Gasteiger partial charge in [-0.15, -0.1) is 0 Å². The van der Waals surface area contributed by atoms with Crippen molar-refractivity contribution in [3.05, 3.63) is 95.9 Å². The summed E-state index contributed by atoms with van der Waals surface area (Å²) in [7, 11) is -3.73. The zero-order valence-corrected chi connectivity index (χ0v) is 15.6. The standard InChI is InChI=1S/C22H19NO3S/c1-17(24)23-22(20-10-6-3-7-11-20)16-27(25,26)21-14-12-19(13-15-21)18-8-4-2-5-9-18/h2-16H,1H3,(H,23,24)/b22-16+. The molecule has 0 aliphatic rings. The van der Waals surface area contributed by atoms with Gasteiger partial charge in [0.2, 0.25) is 15.7 Å². The highest BCUT2D eigenvalue weighted by atomic mass is 32.2. The molecule has 0 saturated carbocycles. The zero-order valence-electron chi connectivity index (χ0n) is 14.8. The lowest BCUT2D eigenvalue weighted by Crippen LogP contribution is -2.19. The summed E-state index contributed by atoms with van der Waals surface area (Å²) in [6, 6.07) is 25.3. The van der Waals surface area contributed by atoms with Crippen LogP contribution < -0.4 is 5.32 Å². The molecule has 0 radical (unpaired) electrons. The molecule has 1 amide bonds. The van der Waals surface area contributed by atoms with Crippen LogP contribution in [0.15, 0.2) is 95.2 Å². The number of amides is 1. The number of sulfone groups is 1. The van der Waals surface area contributed by atoms with Gasteiger partial charge in [0.1, 0.15) is 0 Å². The molecule has 0 aromatic heterocycles. The van der Waals surface area contributed by atoms with Gasteiger partial charge in [-0.1, -0.05) is 72.8 Å². The summed E-state index contributed by atoms with van der Waals surface area (Å²) in [4.78, 5) is 11.7. The third kappa shape index (κ3) is 4.71. The molecule has 0 aliphatic heterocycles. The molecule has 0 atom stereocenters. The van der Waals surface area contributed by atoms with Crippen LogP contribution in [-0.2, 0) is 14.6 Å². The van der Waals surface area contributed by atoms with Crippen molar-refractivity contribution >= 4 is 21.4 Å². The molecule has 136 valence electrons. The maximum Gasteiger partial charge on any atom is 0.221 e. The van der Waals surface area contributed by atoms with Gasteiger partial charge in [0, 0.05) is 6.92 Å². The van der Waals surface area contributed by atoms with Crippen molar-refractivity contribution < 1.29 is 13.2 Å². The average Bonchev–Trinajstić information content (AvgIpc) is 2.68. The molecular formula is C22H19NO3S. The predicted molar refractivity (Wildman–Crippen MR) is 107 cm³/mol. The first-order valence-corrected chi connectivity index (χ1v) is 9.96. The Labute approximate surface area is 159 Å². The van der Waals surface area contributed by atoms with Crippen LogP contribution in [0.25, 0.3) is 16.8 Å². The summed E-state index contributed by atoms with van der Waals surface area (Å²) in [5, 5.41) is 3.70. The highest BCUT2D eigenvalue weighted by Crippen LogP contribution is 2.23. The smallest absolute Gasteiger partial charge is 0.221 e. The van der Waals surface area contributed by atoms with Crippen LogP contribution in [0.5, 0.6) is 0 Å². The number of hydrogen-bond donors (Lipinski definition) is 1. The fraction of sp³-hybridized carbons (Fsp3) is 0.0455. The molecule has 3 aromatic carbocycles. The minimum atomic E-state index is -3.73. The van der Waals surface area contributed by atoms with E-state index in [2.05, 4.69) is 5.32 Å². The van der Waals surface area contributed by atoms with Crippen molar-refractivity contribution in [1.29, 1.82) is 0 Å². The summed E-state index contributed by atoms with van der Waals surface area (Å²) < 4.78 is 25.6. The van der Waals surface area contributed by atoms with E-state index >= 15 is 0 Å². The zero-order chi connectivity index (χ0) is 19.3. The number of carbonyl (C=O) groups is 1. The molecular weight excluding hydrogens is 358 g/mol. The lowest BCUT2D eigenvalue weighted by molar-refractivity contribution is -0.117. The Hall–Kier alpha value is -3.18. The number of nitrogens with one attached hydrogen (secondary N) is 1. The molecule has 27 heavy (non-hydrogen) atoms. The molecule has 5 heteroatoms. The molecule has 0 spiro atoms. The molecule has 0 fully saturated rings.